The van der Waals surface area contributed by atoms with Crippen LogP contribution in [0.2, 0.25) is 5.02 Å². The summed E-state index contributed by atoms with van der Waals surface area (Å²) < 4.78 is 48.2. The third-order valence-electron chi connectivity index (χ3n) is 5.71. The summed E-state index contributed by atoms with van der Waals surface area (Å²) in [5.74, 6) is -0.772. The Morgan fingerprint density at radius 2 is 2.09 bits per heavy atom. The van der Waals surface area contributed by atoms with Crippen molar-refractivity contribution < 1.29 is 17.5 Å². The van der Waals surface area contributed by atoms with Gasteiger partial charge in [-0.1, -0.05) is 48.9 Å². The summed E-state index contributed by atoms with van der Waals surface area (Å²) in [6.45, 7) is 3.87. The van der Waals surface area contributed by atoms with Crippen molar-refractivity contribution in [3.63, 3.8) is 0 Å². The lowest BCUT2D eigenvalue weighted by Crippen LogP contribution is -2.45. The van der Waals surface area contributed by atoms with E-state index in [4.69, 9.17) is 16.3 Å². The summed E-state index contributed by atoms with van der Waals surface area (Å²) in [6.07, 6.45) is 3.85. The van der Waals surface area contributed by atoms with Gasteiger partial charge in [0.2, 0.25) is 0 Å². The monoisotopic (exact) mass is 509 g/mol. The van der Waals surface area contributed by atoms with Gasteiger partial charge in [0.1, 0.15) is 22.6 Å². The zero-order valence-electron chi connectivity index (χ0n) is 18.1. The maximum atomic E-state index is 14.8. The molecule has 3 aromatic rings. The lowest BCUT2D eigenvalue weighted by atomic mass is 9.96. The van der Waals surface area contributed by atoms with E-state index in [-0.39, 0.29) is 22.0 Å². The first-order chi connectivity index (χ1) is 15.9. The van der Waals surface area contributed by atoms with Gasteiger partial charge in [-0.05, 0) is 30.9 Å². The molecule has 0 unspecified atom stereocenters. The number of likely N-dealkylation sites (tertiary alicyclic amines) is 1. The van der Waals surface area contributed by atoms with E-state index < -0.39 is 20.7 Å². The highest BCUT2D eigenvalue weighted by molar-refractivity contribution is 7.93. The van der Waals surface area contributed by atoms with Gasteiger partial charge < -0.3 is 4.74 Å². The molecule has 1 aromatic heterocycles. The zero-order valence-corrected chi connectivity index (χ0v) is 20.5. The molecule has 2 aromatic carbocycles. The third-order valence-corrected chi connectivity index (χ3v) is 8.18. The van der Waals surface area contributed by atoms with Crippen molar-refractivity contribution in [1.29, 1.82) is 0 Å². The second kappa shape index (κ2) is 10.4. The number of thiazole rings is 1. The molecule has 0 radical (unpaired) electrons. The average molecular weight is 510 g/mol. The maximum absolute atomic E-state index is 14.8. The predicted molar refractivity (Wildman–Crippen MR) is 129 cm³/mol. The Balaban J connectivity index is 1.44. The van der Waals surface area contributed by atoms with Crippen molar-refractivity contribution in [2.75, 3.05) is 11.3 Å². The van der Waals surface area contributed by atoms with Crippen LogP contribution in [0.5, 0.6) is 5.75 Å². The number of nitrogens with zero attached hydrogens (tertiary/aromatic N) is 2. The molecular formula is C23H25ClFN3O3S2. The fraction of sp³-hybridized carbons (Fsp3) is 0.348. The molecule has 2 atom stereocenters. The zero-order chi connectivity index (χ0) is 23.4. The molecule has 2 heterocycles. The minimum absolute atomic E-state index is 0.0516. The second-order valence-corrected chi connectivity index (χ2v) is 10.9. The molecule has 1 saturated heterocycles. The van der Waals surface area contributed by atoms with Gasteiger partial charge in [0.15, 0.2) is 5.13 Å². The molecule has 10 heteroatoms. The first-order valence-corrected chi connectivity index (χ1v) is 13.5. The molecule has 1 fully saturated rings. The third kappa shape index (κ3) is 5.84. The van der Waals surface area contributed by atoms with Crippen LogP contribution < -0.4 is 9.46 Å². The van der Waals surface area contributed by atoms with Gasteiger partial charge >= 0.3 is 0 Å². The average Bonchev–Trinajstić information content (AvgIpc) is 3.30. The number of benzene rings is 2. The van der Waals surface area contributed by atoms with E-state index in [2.05, 4.69) is 33.7 Å². The number of hydrogen-bond donors (Lipinski definition) is 1. The summed E-state index contributed by atoms with van der Waals surface area (Å²) in [5, 5.41) is 1.82. The molecular weight excluding hydrogens is 485 g/mol. The molecule has 6 nitrogen and oxygen atoms in total. The van der Waals surface area contributed by atoms with Crippen LogP contribution >= 0.6 is 22.9 Å². The van der Waals surface area contributed by atoms with E-state index in [0.717, 1.165) is 55.8 Å². The number of hydrogen-bond acceptors (Lipinski definition) is 6. The smallest absolute Gasteiger partial charge is 0.266 e. The number of anilines is 1. The quantitative estimate of drug-likeness (QED) is 0.430. The van der Waals surface area contributed by atoms with E-state index in [1.807, 2.05) is 18.2 Å². The number of rotatable bonds is 8. The lowest BCUT2D eigenvalue weighted by Gasteiger charge is -2.39. The van der Waals surface area contributed by atoms with E-state index in [1.165, 1.54) is 11.8 Å². The molecule has 33 heavy (non-hydrogen) atoms. The molecule has 1 N–H and O–H groups in total. The standard InChI is InChI=1S/C23H25ClFN3O3S2/c1-2-17-12-18(8-10-28(17)15-16-6-4-3-5-7-16)31-21-14-20(25)22(13-19(21)24)33(29,30)27-23-26-9-11-32-23/h3-7,9,11,13-14,17-18H,2,8,10,12,15H2,1H3,(H,26,27)/t17-,18+/m0/s1. The second-order valence-electron chi connectivity index (χ2n) is 7.94. The van der Waals surface area contributed by atoms with E-state index in [1.54, 1.807) is 5.38 Å². The summed E-state index contributed by atoms with van der Waals surface area (Å²) in [6, 6.07) is 12.8. The van der Waals surface area contributed by atoms with Crippen LogP contribution in [0, 0.1) is 5.82 Å². The first-order valence-electron chi connectivity index (χ1n) is 10.7. The van der Waals surface area contributed by atoms with Gasteiger partial charge in [-0.15, -0.1) is 11.3 Å². The van der Waals surface area contributed by atoms with Crippen molar-refractivity contribution >= 4 is 38.1 Å². The van der Waals surface area contributed by atoms with Gasteiger partial charge in [0, 0.05) is 36.8 Å². The fourth-order valence-electron chi connectivity index (χ4n) is 4.05. The van der Waals surface area contributed by atoms with Crippen LogP contribution in [0.15, 0.2) is 58.9 Å². The fourth-order valence-corrected chi connectivity index (χ4v) is 6.20. The Labute approximate surface area is 202 Å². The van der Waals surface area contributed by atoms with Crippen LogP contribution in [0.25, 0.3) is 0 Å². The van der Waals surface area contributed by atoms with Crippen LogP contribution in [0.4, 0.5) is 9.52 Å². The highest BCUT2D eigenvalue weighted by atomic mass is 35.5. The van der Waals surface area contributed by atoms with Gasteiger partial charge in [-0.25, -0.2) is 17.8 Å². The van der Waals surface area contributed by atoms with Gasteiger partial charge in [-0.2, -0.15) is 0 Å². The summed E-state index contributed by atoms with van der Waals surface area (Å²) >= 11 is 7.41. The maximum Gasteiger partial charge on any atom is 0.266 e. The van der Waals surface area contributed by atoms with Crippen molar-refractivity contribution in [3.8, 4) is 5.75 Å². The van der Waals surface area contributed by atoms with Gasteiger partial charge in [-0.3, -0.25) is 9.62 Å². The van der Waals surface area contributed by atoms with E-state index >= 15 is 0 Å². The molecule has 0 amide bonds. The van der Waals surface area contributed by atoms with Crippen LogP contribution in [-0.2, 0) is 16.6 Å². The van der Waals surface area contributed by atoms with E-state index in [9.17, 15) is 12.8 Å². The Morgan fingerprint density at radius 1 is 1.30 bits per heavy atom. The minimum Gasteiger partial charge on any atom is -0.489 e. The number of aromatic nitrogens is 1. The first kappa shape index (κ1) is 23.9. The molecule has 0 saturated carbocycles. The normalized spacial score (nSPS) is 19.4. The largest absolute Gasteiger partial charge is 0.489 e. The lowest BCUT2D eigenvalue weighted by molar-refractivity contribution is 0.0491. The minimum atomic E-state index is -4.16. The predicted octanol–water partition coefficient (Wildman–Crippen LogP) is 5.56. The van der Waals surface area contributed by atoms with Crippen molar-refractivity contribution in [3.05, 3.63) is 70.4 Å². The van der Waals surface area contributed by atoms with Gasteiger partial charge in [0.05, 0.1) is 5.02 Å². The highest BCUT2D eigenvalue weighted by Crippen LogP contribution is 2.34. The summed E-state index contributed by atoms with van der Waals surface area (Å²) in [4.78, 5) is 5.76. The van der Waals surface area contributed by atoms with Crippen molar-refractivity contribution in [2.24, 2.45) is 0 Å². The Kier molecular flexibility index (Phi) is 7.53. The Bertz CT molecular complexity index is 1180. The SMILES string of the molecule is CC[C@H]1C[C@H](Oc2cc(F)c(S(=O)(=O)Nc3nccs3)cc2Cl)CCN1Cc1ccccc1. The molecule has 176 valence electrons. The van der Waals surface area contributed by atoms with Crippen LogP contribution in [0.3, 0.4) is 0 Å². The number of piperidine rings is 1. The number of ether oxygens (including phenoxy) is 1. The number of nitrogens with one attached hydrogen (secondary N) is 1. The van der Waals surface area contributed by atoms with Gasteiger partial charge in [0.25, 0.3) is 10.0 Å². The van der Waals surface area contributed by atoms with Crippen LogP contribution in [-0.4, -0.2) is 37.0 Å². The summed E-state index contributed by atoms with van der Waals surface area (Å²) in [5.41, 5.74) is 1.27. The molecule has 0 aliphatic carbocycles. The molecule has 0 bridgehead atoms. The molecule has 1 aliphatic heterocycles. The van der Waals surface area contributed by atoms with Crippen LogP contribution in [0.1, 0.15) is 31.7 Å². The summed E-state index contributed by atoms with van der Waals surface area (Å²) in [7, 11) is -4.16. The Hall–Kier alpha value is -2.20. The molecule has 1 aliphatic rings. The van der Waals surface area contributed by atoms with Crippen molar-refractivity contribution in [2.45, 2.75) is 49.8 Å². The Morgan fingerprint density at radius 3 is 2.79 bits per heavy atom. The van der Waals surface area contributed by atoms with E-state index in [0.29, 0.717) is 6.04 Å². The molecule has 0 spiro atoms. The molecule has 4 rings (SSSR count). The number of sulfonamides is 1. The number of halogens is 2. The topological polar surface area (TPSA) is 71.5 Å². The highest BCUT2D eigenvalue weighted by Gasteiger charge is 2.30. The van der Waals surface area contributed by atoms with Crippen molar-refractivity contribution in [1.82, 2.24) is 9.88 Å².